The molecule has 1 N–H and O–H groups in total. The molecule has 0 aliphatic rings. The molecule has 2 amide bonds. The maximum absolute atomic E-state index is 12.9. The normalized spacial score (nSPS) is 11.7. The number of halogens is 2. The van der Waals surface area contributed by atoms with Gasteiger partial charge < -0.3 is 10.2 Å². The standard InChI is InChI=1S/C21H24Cl2N2O2S/c1-3-24-21(27)15(2)25(12-16-7-9-18(22)10-8-16)20(26)14-28-13-17-5-4-6-19(23)11-17/h4-11,15H,3,12-14H2,1-2H3,(H,24,27)/t15-/m0/s1. The molecule has 7 heteroatoms. The van der Waals surface area contributed by atoms with Crippen molar-refractivity contribution >= 4 is 46.8 Å². The number of rotatable bonds is 9. The third-order valence-electron chi connectivity index (χ3n) is 4.17. The van der Waals surface area contributed by atoms with E-state index < -0.39 is 6.04 Å². The Labute approximate surface area is 180 Å². The second-order valence-corrected chi connectivity index (χ2v) is 8.20. The molecule has 0 saturated heterocycles. The van der Waals surface area contributed by atoms with Gasteiger partial charge >= 0.3 is 0 Å². The van der Waals surface area contributed by atoms with Crippen LogP contribution < -0.4 is 5.32 Å². The fourth-order valence-electron chi connectivity index (χ4n) is 2.66. The van der Waals surface area contributed by atoms with Crippen LogP contribution in [0.1, 0.15) is 25.0 Å². The van der Waals surface area contributed by atoms with Gasteiger partial charge in [-0.1, -0.05) is 47.5 Å². The first-order valence-corrected chi connectivity index (χ1v) is 11.0. The second kappa shape index (κ2) is 11.3. The zero-order valence-electron chi connectivity index (χ0n) is 16.0. The predicted octanol–water partition coefficient (Wildman–Crippen LogP) is 4.78. The number of carbonyl (C=O) groups excluding carboxylic acids is 2. The number of hydrogen-bond acceptors (Lipinski definition) is 3. The highest BCUT2D eigenvalue weighted by atomic mass is 35.5. The average Bonchev–Trinajstić information content (AvgIpc) is 2.67. The number of likely N-dealkylation sites (N-methyl/N-ethyl adjacent to an activating group) is 1. The van der Waals surface area contributed by atoms with Crippen LogP contribution in [0, 0.1) is 0 Å². The molecule has 0 aliphatic heterocycles. The van der Waals surface area contributed by atoms with Crippen LogP contribution in [-0.4, -0.2) is 35.1 Å². The van der Waals surface area contributed by atoms with E-state index in [1.54, 1.807) is 24.0 Å². The molecule has 2 aromatic rings. The molecule has 0 heterocycles. The van der Waals surface area contributed by atoms with Gasteiger partial charge in [0.2, 0.25) is 11.8 Å². The smallest absolute Gasteiger partial charge is 0.242 e. The van der Waals surface area contributed by atoms with Crippen molar-refractivity contribution in [3.63, 3.8) is 0 Å². The summed E-state index contributed by atoms with van der Waals surface area (Å²) in [6, 6.07) is 14.3. The molecule has 2 rings (SSSR count). The molecular formula is C21H24Cl2N2O2S. The summed E-state index contributed by atoms with van der Waals surface area (Å²) in [4.78, 5) is 26.8. The van der Waals surface area contributed by atoms with Crippen molar-refractivity contribution < 1.29 is 9.59 Å². The average molecular weight is 439 g/mol. The van der Waals surface area contributed by atoms with Gasteiger partial charge in [0, 0.05) is 28.9 Å². The van der Waals surface area contributed by atoms with Crippen LogP contribution in [0.3, 0.4) is 0 Å². The molecule has 150 valence electrons. The fourth-order valence-corrected chi connectivity index (χ4v) is 3.85. The number of carbonyl (C=O) groups is 2. The SMILES string of the molecule is CCNC(=O)[C@H](C)N(Cc1ccc(Cl)cc1)C(=O)CSCc1cccc(Cl)c1. The highest BCUT2D eigenvalue weighted by molar-refractivity contribution is 7.99. The van der Waals surface area contributed by atoms with Crippen molar-refractivity contribution in [3.8, 4) is 0 Å². The van der Waals surface area contributed by atoms with Crippen molar-refractivity contribution in [1.82, 2.24) is 10.2 Å². The fraction of sp³-hybridized carbons (Fsp3) is 0.333. The lowest BCUT2D eigenvalue weighted by Gasteiger charge is -2.28. The lowest BCUT2D eigenvalue weighted by atomic mass is 10.1. The molecule has 0 spiro atoms. The van der Waals surface area contributed by atoms with Crippen LogP contribution in [0.15, 0.2) is 48.5 Å². The van der Waals surface area contributed by atoms with Crippen molar-refractivity contribution in [2.24, 2.45) is 0 Å². The molecule has 0 radical (unpaired) electrons. The zero-order valence-corrected chi connectivity index (χ0v) is 18.3. The largest absolute Gasteiger partial charge is 0.355 e. The third-order valence-corrected chi connectivity index (χ3v) is 5.64. The van der Waals surface area contributed by atoms with Gasteiger partial charge in [-0.3, -0.25) is 9.59 Å². The zero-order chi connectivity index (χ0) is 20.5. The summed E-state index contributed by atoms with van der Waals surface area (Å²) >= 11 is 13.5. The van der Waals surface area contributed by atoms with E-state index >= 15 is 0 Å². The topological polar surface area (TPSA) is 49.4 Å². The van der Waals surface area contributed by atoms with Crippen molar-refractivity contribution in [1.29, 1.82) is 0 Å². The highest BCUT2D eigenvalue weighted by Crippen LogP contribution is 2.19. The molecule has 2 aromatic carbocycles. The Balaban J connectivity index is 2.04. The molecule has 0 aliphatic carbocycles. The number of thioether (sulfide) groups is 1. The number of amides is 2. The summed E-state index contributed by atoms with van der Waals surface area (Å²) < 4.78 is 0. The first-order valence-electron chi connectivity index (χ1n) is 9.04. The monoisotopic (exact) mass is 438 g/mol. The Kier molecular flexibility index (Phi) is 9.16. The molecule has 4 nitrogen and oxygen atoms in total. The molecule has 1 atom stereocenters. The molecular weight excluding hydrogens is 415 g/mol. The first-order chi connectivity index (χ1) is 13.4. The van der Waals surface area contributed by atoms with E-state index in [1.165, 1.54) is 11.8 Å². The van der Waals surface area contributed by atoms with E-state index in [-0.39, 0.29) is 17.6 Å². The van der Waals surface area contributed by atoms with Crippen LogP contribution in [0.4, 0.5) is 0 Å². The van der Waals surface area contributed by atoms with Gasteiger partial charge in [0.25, 0.3) is 0 Å². The number of benzene rings is 2. The third kappa shape index (κ3) is 7.04. The van der Waals surface area contributed by atoms with E-state index in [9.17, 15) is 9.59 Å². The number of nitrogens with one attached hydrogen (secondary N) is 1. The molecule has 0 aromatic heterocycles. The first kappa shape index (κ1) is 22.6. The van der Waals surface area contributed by atoms with E-state index in [2.05, 4.69) is 5.32 Å². The van der Waals surface area contributed by atoms with E-state index in [0.717, 1.165) is 11.1 Å². The van der Waals surface area contributed by atoms with Crippen molar-refractivity contribution in [3.05, 3.63) is 69.7 Å². The molecule has 0 bridgehead atoms. The maximum Gasteiger partial charge on any atom is 0.242 e. The quantitative estimate of drug-likeness (QED) is 0.612. The Morgan fingerprint density at radius 2 is 1.79 bits per heavy atom. The van der Waals surface area contributed by atoms with Gasteiger partial charge in [0.1, 0.15) is 6.04 Å². The lowest BCUT2D eigenvalue weighted by Crippen LogP contribution is -2.48. The van der Waals surface area contributed by atoms with Gasteiger partial charge in [0.15, 0.2) is 0 Å². The van der Waals surface area contributed by atoms with Crippen LogP contribution in [-0.2, 0) is 21.9 Å². The van der Waals surface area contributed by atoms with Crippen LogP contribution in [0.2, 0.25) is 10.0 Å². The minimum absolute atomic E-state index is 0.0827. The predicted molar refractivity (Wildman–Crippen MR) is 118 cm³/mol. The van der Waals surface area contributed by atoms with Gasteiger partial charge in [0.05, 0.1) is 5.75 Å². The number of hydrogen-bond donors (Lipinski definition) is 1. The van der Waals surface area contributed by atoms with Crippen molar-refractivity contribution in [2.45, 2.75) is 32.2 Å². The molecule has 0 saturated carbocycles. The summed E-state index contributed by atoms with van der Waals surface area (Å²) in [5, 5.41) is 4.10. The van der Waals surface area contributed by atoms with Gasteiger partial charge in [-0.25, -0.2) is 0 Å². The van der Waals surface area contributed by atoms with Gasteiger partial charge in [-0.15, -0.1) is 11.8 Å². The van der Waals surface area contributed by atoms with Crippen LogP contribution >= 0.6 is 35.0 Å². The molecule has 0 unspecified atom stereocenters. The van der Waals surface area contributed by atoms with E-state index in [0.29, 0.717) is 28.9 Å². The minimum atomic E-state index is -0.560. The second-order valence-electron chi connectivity index (χ2n) is 6.34. The summed E-state index contributed by atoms with van der Waals surface area (Å²) in [5.41, 5.74) is 1.99. The molecule has 28 heavy (non-hydrogen) atoms. The van der Waals surface area contributed by atoms with Gasteiger partial charge in [-0.05, 0) is 49.2 Å². The van der Waals surface area contributed by atoms with Crippen LogP contribution in [0.25, 0.3) is 0 Å². The Bertz CT molecular complexity index is 799. The lowest BCUT2D eigenvalue weighted by molar-refractivity contribution is -0.138. The van der Waals surface area contributed by atoms with Gasteiger partial charge in [-0.2, -0.15) is 0 Å². The highest BCUT2D eigenvalue weighted by Gasteiger charge is 2.25. The minimum Gasteiger partial charge on any atom is -0.355 e. The Hall–Kier alpha value is -1.69. The number of nitrogens with zero attached hydrogens (tertiary/aromatic N) is 1. The van der Waals surface area contributed by atoms with Crippen molar-refractivity contribution in [2.75, 3.05) is 12.3 Å². The van der Waals surface area contributed by atoms with E-state index in [4.69, 9.17) is 23.2 Å². The summed E-state index contributed by atoms with van der Waals surface area (Å²) in [6.07, 6.45) is 0. The maximum atomic E-state index is 12.9. The van der Waals surface area contributed by atoms with Crippen LogP contribution in [0.5, 0.6) is 0 Å². The summed E-state index contributed by atoms with van der Waals surface area (Å²) in [5.74, 6) is 0.714. The summed E-state index contributed by atoms with van der Waals surface area (Å²) in [6.45, 7) is 4.49. The van der Waals surface area contributed by atoms with E-state index in [1.807, 2.05) is 43.3 Å². The summed E-state index contributed by atoms with van der Waals surface area (Å²) in [7, 11) is 0. The Morgan fingerprint density at radius 1 is 1.07 bits per heavy atom. The molecule has 0 fully saturated rings. The Morgan fingerprint density at radius 3 is 2.43 bits per heavy atom.